The lowest BCUT2D eigenvalue weighted by Crippen LogP contribution is -2.39. The summed E-state index contributed by atoms with van der Waals surface area (Å²) in [6.45, 7) is 3.86. The highest BCUT2D eigenvalue weighted by Crippen LogP contribution is 2.50. The molecule has 2 atom stereocenters. The highest BCUT2D eigenvalue weighted by Gasteiger charge is 2.54. The second kappa shape index (κ2) is 5.25. The Morgan fingerprint density at radius 3 is 2.24 bits per heavy atom. The molecule has 114 valence electrons. The van der Waals surface area contributed by atoms with E-state index in [0.29, 0.717) is 11.8 Å². The van der Waals surface area contributed by atoms with E-state index in [1.807, 2.05) is 4.90 Å². The van der Waals surface area contributed by atoms with Crippen LogP contribution < -0.4 is 5.32 Å². The Labute approximate surface area is 130 Å². The van der Waals surface area contributed by atoms with Gasteiger partial charge in [0.05, 0.1) is 5.41 Å². The van der Waals surface area contributed by atoms with Gasteiger partial charge in [-0.15, -0.1) is 12.4 Å². The van der Waals surface area contributed by atoms with Gasteiger partial charge in [-0.05, 0) is 42.4 Å². The Morgan fingerprint density at radius 1 is 1.14 bits per heavy atom. The molecule has 0 aromatic heterocycles. The molecule has 1 amide bonds. The van der Waals surface area contributed by atoms with Crippen LogP contribution in [0.3, 0.4) is 0 Å². The summed E-state index contributed by atoms with van der Waals surface area (Å²) >= 11 is 0. The zero-order valence-corrected chi connectivity index (χ0v) is 12.7. The van der Waals surface area contributed by atoms with Crippen LogP contribution in [0.1, 0.15) is 18.4 Å². The van der Waals surface area contributed by atoms with Crippen molar-refractivity contribution in [3.63, 3.8) is 0 Å². The first-order chi connectivity index (χ1) is 9.69. The summed E-state index contributed by atoms with van der Waals surface area (Å²) in [7, 11) is 0. The fraction of sp³-hybridized carbons (Fsp3) is 0.562. The van der Waals surface area contributed by atoms with Crippen LogP contribution in [0.25, 0.3) is 0 Å². The Morgan fingerprint density at radius 2 is 1.71 bits per heavy atom. The molecule has 2 heterocycles. The number of rotatable bonds is 2. The van der Waals surface area contributed by atoms with Crippen LogP contribution in [-0.2, 0) is 10.2 Å². The summed E-state index contributed by atoms with van der Waals surface area (Å²) in [6.07, 6.45) is 1.81. The molecule has 3 fully saturated rings. The highest BCUT2D eigenvalue weighted by molar-refractivity contribution is 5.91. The lowest BCUT2D eigenvalue weighted by molar-refractivity contribution is -0.133. The van der Waals surface area contributed by atoms with E-state index in [2.05, 4.69) is 5.32 Å². The SMILES string of the molecule is Cl.O=C(N1C[C@H]2CNC[C@H]2C1)C1(c2ccc(F)cc2)CC1. The zero-order valence-electron chi connectivity index (χ0n) is 11.8. The van der Waals surface area contributed by atoms with E-state index in [1.165, 1.54) is 12.1 Å². The summed E-state index contributed by atoms with van der Waals surface area (Å²) in [5.74, 6) is 1.28. The predicted molar refractivity (Wildman–Crippen MR) is 81.0 cm³/mol. The average Bonchev–Trinajstić information content (AvgIpc) is 2.97. The topological polar surface area (TPSA) is 32.3 Å². The third-order valence-electron chi connectivity index (χ3n) is 5.23. The average molecular weight is 311 g/mol. The minimum atomic E-state index is -0.347. The molecule has 3 nitrogen and oxygen atoms in total. The van der Waals surface area contributed by atoms with Crippen LogP contribution in [0.5, 0.6) is 0 Å². The molecule has 5 heteroatoms. The van der Waals surface area contributed by atoms with Crippen molar-refractivity contribution in [2.75, 3.05) is 26.2 Å². The van der Waals surface area contributed by atoms with Gasteiger partial charge in [0.2, 0.25) is 5.91 Å². The van der Waals surface area contributed by atoms with Crippen molar-refractivity contribution in [1.29, 1.82) is 0 Å². The fourth-order valence-electron chi connectivity index (χ4n) is 3.84. The number of nitrogens with one attached hydrogen (secondary N) is 1. The molecule has 0 spiro atoms. The molecule has 2 saturated heterocycles. The van der Waals surface area contributed by atoms with Crippen molar-refractivity contribution in [1.82, 2.24) is 10.2 Å². The fourth-order valence-corrected chi connectivity index (χ4v) is 3.84. The number of amides is 1. The second-order valence-corrected chi connectivity index (χ2v) is 6.48. The predicted octanol–water partition coefficient (Wildman–Crippen LogP) is 1.96. The maximum absolute atomic E-state index is 13.1. The first-order valence-electron chi connectivity index (χ1n) is 7.45. The molecule has 2 aliphatic heterocycles. The van der Waals surface area contributed by atoms with E-state index in [1.54, 1.807) is 12.1 Å². The van der Waals surface area contributed by atoms with Crippen molar-refractivity contribution in [3.8, 4) is 0 Å². The van der Waals surface area contributed by atoms with Crippen LogP contribution in [0.2, 0.25) is 0 Å². The number of hydrogen-bond donors (Lipinski definition) is 1. The molecule has 1 aromatic carbocycles. The normalized spacial score (nSPS) is 28.9. The Hall–Kier alpha value is -1.13. The van der Waals surface area contributed by atoms with Gasteiger partial charge >= 0.3 is 0 Å². The maximum atomic E-state index is 13.1. The third kappa shape index (κ3) is 2.34. The van der Waals surface area contributed by atoms with Gasteiger partial charge in [0.15, 0.2) is 0 Å². The third-order valence-corrected chi connectivity index (χ3v) is 5.23. The van der Waals surface area contributed by atoms with Crippen LogP contribution in [0, 0.1) is 17.7 Å². The number of hydrogen-bond acceptors (Lipinski definition) is 2. The number of fused-ring (bicyclic) bond motifs is 1. The van der Waals surface area contributed by atoms with E-state index in [4.69, 9.17) is 0 Å². The van der Waals surface area contributed by atoms with E-state index in [0.717, 1.165) is 44.6 Å². The van der Waals surface area contributed by atoms with Crippen molar-refractivity contribution in [3.05, 3.63) is 35.6 Å². The Kier molecular flexibility index (Phi) is 3.70. The van der Waals surface area contributed by atoms with E-state index >= 15 is 0 Å². The van der Waals surface area contributed by atoms with E-state index < -0.39 is 0 Å². The van der Waals surface area contributed by atoms with Crippen molar-refractivity contribution in [2.45, 2.75) is 18.3 Å². The summed E-state index contributed by atoms with van der Waals surface area (Å²) in [5, 5.41) is 3.40. The standard InChI is InChI=1S/C16H19FN2O.ClH/c17-14-3-1-13(2-4-14)16(5-6-16)15(20)19-9-11-7-18-8-12(11)10-19;/h1-4,11-12,18H,5-10H2;1H/t11-,12+;. The summed E-state index contributed by atoms with van der Waals surface area (Å²) in [5.41, 5.74) is 0.638. The molecule has 1 saturated carbocycles. The van der Waals surface area contributed by atoms with Crippen LogP contribution in [0.15, 0.2) is 24.3 Å². The lowest BCUT2D eigenvalue weighted by atomic mass is 9.94. The molecule has 21 heavy (non-hydrogen) atoms. The quantitative estimate of drug-likeness (QED) is 0.905. The van der Waals surface area contributed by atoms with Gasteiger partial charge in [-0.3, -0.25) is 4.79 Å². The molecule has 0 bridgehead atoms. The van der Waals surface area contributed by atoms with Gasteiger partial charge in [-0.25, -0.2) is 4.39 Å². The van der Waals surface area contributed by atoms with Crippen LogP contribution in [0.4, 0.5) is 4.39 Å². The molecular formula is C16H20ClFN2O. The second-order valence-electron chi connectivity index (χ2n) is 6.48. The zero-order chi connectivity index (χ0) is 13.7. The number of carbonyl (C=O) groups is 1. The van der Waals surface area contributed by atoms with Crippen molar-refractivity contribution in [2.24, 2.45) is 11.8 Å². The minimum Gasteiger partial charge on any atom is -0.341 e. The van der Waals surface area contributed by atoms with E-state index in [-0.39, 0.29) is 29.5 Å². The molecule has 3 aliphatic rings. The monoisotopic (exact) mass is 310 g/mol. The first-order valence-corrected chi connectivity index (χ1v) is 7.45. The molecule has 1 aliphatic carbocycles. The largest absolute Gasteiger partial charge is 0.341 e. The maximum Gasteiger partial charge on any atom is 0.233 e. The Balaban J connectivity index is 0.00000132. The van der Waals surface area contributed by atoms with Gasteiger partial charge in [0.1, 0.15) is 5.82 Å². The summed E-state index contributed by atoms with van der Waals surface area (Å²) in [4.78, 5) is 14.9. The van der Waals surface area contributed by atoms with Gasteiger partial charge < -0.3 is 10.2 Å². The molecular weight excluding hydrogens is 291 g/mol. The summed E-state index contributed by atoms with van der Waals surface area (Å²) < 4.78 is 13.1. The molecule has 4 rings (SSSR count). The van der Waals surface area contributed by atoms with Gasteiger partial charge in [-0.1, -0.05) is 12.1 Å². The molecule has 0 unspecified atom stereocenters. The van der Waals surface area contributed by atoms with Crippen molar-refractivity contribution < 1.29 is 9.18 Å². The van der Waals surface area contributed by atoms with E-state index in [9.17, 15) is 9.18 Å². The molecule has 0 radical (unpaired) electrons. The Bertz CT molecular complexity index is 532. The highest BCUT2D eigenvalue weighted by atomic mass is 35.5. The van der Waals surface area contributed by atoms with Gasteiger partial charge in [-0.2, -0.15) is 0 Å². The summed E-state index contributed by atoms with van der Waals surface area (Å²) in [6, 6.07) is 6.48. The number of halogens is 2. The smallest absolute Gasteiger partial charge is 0.233 e. The number of carbonyl (C=O) groups excluding carboxylic acids is 1. The van der Waals surface area contributed by atoms with Crippen molar-refractivity contribution >= 4 is 18.3 Å². The van der Waals surface area contributed by atoms with Gasteiger partial charge in [0.25, 0.3) is 0 Å². The molecule has 1 aromatic rings. The molecule has 1 N–H and O–H groups in total. The van der Waals surface area contributed by atoms with Gasteiger partial charge in [0, 0.05) is 26.2 Å². The number of nitrogens with zero attached hydrogens (tertiary/aromatic N) is 1. The van der Waals surface area contributed by atoms with Crippen LogP contribution >= 0.6 is 12.4 Å². The minimum absolute atomic E-state index is 0. The lowest BCUT2D eigenvalue weighted by Gasteiger charge is -2.24. The van der Waals surface area contributed by atoms with Crippen LogP contribution in [-0.4, -0.2) is 37.0 Å². The first kappa shape index (κ1) is 14.8. The number of likely N-dealkylation sites (tertiary alicyclic amines) is 1. The number of benzene rings is 1.